The van der Waals surface area contributed by atoms with Gasteiger partial charge in [-0.1, -0.05) is 48.2 Å². The number of anilines is 1. The number of allylic oxidation sites excluding steroid dienone is 2. The molecule has 1 aromatic heterocycles. The van der Waals surface area contributed by atoms with Crippen LogP contribution in [-0.2, 0) is 4.79 Å². The van der Waals surface area contributed by atoms with Crippen LogP contribution in [0.1, 0.15) is 0 Å². The third kappa shape index (κ3) is 2.82. The first kappa shape index (κ1) is 14.6. The number of para-hydroxylation sites is 1. The van der Waals surface area contributed by atoms with Gasteiger partial charge in [-0.25, -0.2) is 4.98 Å². The Bertz CT molecular complexity index is 772. The van der Waals surface area contributed by atoms with Crippen LogP contribution in [0.2, 0.25) is 0 Å². The molecule has 5 nitrogen and oxygen atoms in total. The van der Waals surface area contributed by atoms with E-state index in [0.717, 1.165) is 10.6 Å². The van der Waals surface area contributed by atoms with Crippen LogP contribution in [-0.4, -0.2) is 38.1 Å². The van der Waals surface area contributed by atoms with Gasteiger partial charge in [-0.3, -0.25) is 9.89 Å². The van der Waals surface area contributed by atoms with Gasteiger partial charge in [0.25, 0.3) is 0 Å². The topological polar surface area (TPSA) is 61.9 Å². The molecule has 0 bridgehead atoms. The molecule has 1 aromatic carbocycles. The zero-order chi connectivity index (χ0) is 15.6. The Morgan fingerprint density at radius 1 is 1.30 bits per heavy atom. The third-order valence-electron chi connectivity index (χ3n) is 3.74. The van der Waals surface area contributed by atoms with Gasteiger partial charge in [-0.15, -0.1) is 11.8 Å². The highest BCUT2D eigenvalue weighted by Crippen LogP contribution is 2.43. The fourth-order valence-corrected chi connectivity index (χ4v) is 4.64. The highest BCUT2D eigenvalue weighted by atomic mass is 32.2. The first-order valence-corrected chi connectivity index (χ1v) is 9.10. The van der Waals surface area contributed by atoms with E-state index in [1.165, 1.54) is 18.1 Å². The SMILES string of the molecule is O=C(CSc1ncn[nH]1)N1c2ccccc2S[C@H]2C=CC=C[C@H]21. The second-order valence-electron chi connectivity index (χ2n) is 5.15. The van der Waals surface area contributed by atoms with Gasteiger partial charge in [0.2, 0.25) is 5.91 Å². The van der Waals surface area contributed by atoms with Crippen molar-refractivity contribution in [2.24, 2.45) is 0 Å². The number of aromatic nitrogens is 3. The van der Waals surface area contributed by atoms with Gasteiger partial charge in [-0.2, -0.15) is 5.10 Å². The van der Waals surface area contributed by atoms with Crippen molar-refractivity contribution in [3.63, 3.8) is 0 Å². The summed E-state index contributed by atoms with van der Waals surface area (Å²) >= 11 is 3.18. The summed E-state index contributed by atoms with van der Waals surface area (Å²) in [6.07, 6.45) is 9.78. The van der Waals surface area contributed by atoms with Gasteiger partial charge in [0, 0.05) is 4.90 Å². The maximum Gasteiger partial charge on any atom is 0.238 e. The van der Waals surface area contributed by atoms with E-state index in [0.29, 0.717) is 10.9 Å². The Morgan fingerprint density at radius 3 is 3.04 bits per heavy atom. The van der Waals surface area contributed by atoms with Crippen LogP contribution < -0.4 is 4.90 Å². The Kier molecular flexibility index (Phi) is 3.97. The fourth-order valence-electron chi connectivity index (χ4n) is 2.74. The lowest BCUT2D eigenvalue weighted by Crippen LogP contribution is -2.48. The lowest BCUT2D eigenvalue weighted by molar-refractivity contribution is -0.116. The predicted molar refractivity (Wildman–Crippen MR) is 92.7 cm³/mol. The van der Waals surface area contributed by atoms with E-state index in [9.17, 15) is 4.79 Å². The minimum absolute atomic E-state index is 0.0581. The van der Waals surface area contributed by atoms with Gasteiger partial charge < -0.3 is 4.90 Å². The summed E-state index contributed by atoms with van der Waals surface area (Å²) in [5.41, 5.74) is 0.988. The van der Waals surface area contributed by atoms with Gasteiger partial charge in [0.15, 0.2) is 5.16 Å². The van der Waals surface area contributed by atoms with Crippen molar-refractivity contribution in [1.82, 2.24) is 15.2 Å². The number of aromatic amines is 1. The Balaban J connectivity index is 1.62. The molecule has 4 rings (SSSR count). The van der Waals surface area contributed by atoms with E-state index >= 15 is 0 Å². The van der Waals surface area contributed by atoms with E-state index < -0.39 is 0 Å². The summed E-state index contributed by atoms with van der Waals surface area (Å²) in [5, 5.41) is 7.50. The minimum Gasteiger partial charge on any atom is -0.302 e. The molecule has 0 spiro atoms. The van der Waals surface area contributed by atoms with Crippen LogP contribution >= 0.6 is 23.5 Å². The van der Waals surface area contributed by atoms with Crippen molar-refractivity contribution in [3.05, 3.63) is 54.9 Å². The molecule has 2 atom stereocenters. The summed E-state index contributed by atoms with van der Waals surface area (Å²) in [5.74, 6) is 0.406. The average molecular weight is 342 g/mol. The molecular weight excluding hydrogens is 328 g/mol. The molecule has 2 aliphatic rings. The Hall–Kier alpha value is -1.99. The number of fused-ring (bicyclic) bond motifs is 2. The first-order valence-electron chi connectivity index (χ1n) is 7.24. The van der Waals surface area contributed by atoms with Crippen LogP contribution in [0.4, 0.5) is 5.69 Å². The predicted octanol–water partition coefficient (Wildman–Crippen LogP) is 2.90. The molecule has 1 amide bonds. The third-order valence-corrected chi connectivity index (χ3v) is 5.91. The number of carbonyl (C=O) groups is 1. The number of benzene rings is 1. The van der Waals surface area contributed by atoms with Crippen molar-refractivity contribution in [1.29, 1.82) is 0 Å². The molecule has 1 aliphatic carbocycles. The average Bonchev–Trinajstić information content (AvgIpc) is 3.11. The molecule has 7 heteroatoms. The number of thioether (sulfide) groups is 2. The van der Waals surface area contributed by atoms with Crippen LogP contribution in [0.5, 0.6) is 0 Å². The largest absolute Gasteiger partial charge is 0.302 e. The molecule has 2 aromatic rings. The zero-order valence-electron chi connectivity index (χ0n) is 12.1. The number of carbonyl (C=O) groups excluding carboxylic acids is 1. The molecule has 0 saturated heterocycles. The summed E-state index contributed by atoms with van der Waals surface area (Å²) < 4.78 is 0. The quantitative estimate of drug-likeness (QED) is 0.869. The van der Waals surface area contributed by atoms with E-state index in [4.69, 9.17) is 0 Å². The number of hydrogen-bond acceptors (Lipinski definition) is 5. The number of rotatable bonds is 3. The minimum atomic E-state index is 0.0581. The van der Waals surface area contributed by atoms with Crippen LogP contribution in [0.25, 0.3) is 0 Å². The number of hydrogen-bond donors (Lipinski definition) is 1. The standard InChI is InChI=1S/C16H14N4OS2/c21-15(9-22-16-17-10-18-19-16)20-11-5-1-3-7-13(11)23-14-8-4-2-6-12(14)20/h1-8,10-11,13H,9H2,(H,17,18,19)/t11-,13+/m1/s1. The number of H-pyrrole nitrogens is 1. The molecule has 1 N–H and O–H groups in total. The number of amides is 1. The number of nitrogens with one attached hydrogen (secondary N) is 1. The molecule has 116 valence electrons. The van der Waals surface area contributed by atoms with Crippen molar-refractivity contribution in [3.8, 4) is 0 Å². The van der Waals surface area contributed by atoms with Crippen LogP contribution in [0, 0.1) is 0 Å². The smallest absolute Gasteiger partial charge is 0.238 e. The first-order chi connectivity index (χ1) is 11.3. The van der Waals surface area contributed by atoms with Crippen molar-refractivity contribution < 1.29 is 4.79 Å². The lowest BCUT2D eigenvalue weighted by Gasteiger charge is -2.40. The molecular formula is C16H14N4OS2. The highest BCUT2D eigenvalue weighted by molar-refractivity contribution is 8.00. The normalized spacial score (nSPS) is 21.8. The Labute approximate surface area is 142 Å². The molecule has 2 heterocycles. The van der Waals surface area contributed by atoms with Crippen LogP contribution in [0.15, 0.2) is 64.9 Å². The molecule has 0 saturated carbocycles. The maximum atomic E-state index is 12.9. The molecule has 0 unspecified atom stereocenters. The summed E-state index contributed by atoms with van der Waals surface area (Å²) in [7, 11) is 0. The summed E-state index contributed by atoms with van der Waals surface area (Å²) in [4.78, 5) is 20.0. The molecule has 0 radical (unpaired) electrons. The molecule has 0 fully saturated rings. The highest BCUT2D eigenvalue weighted by Gasteiger charge is 2.36. The lowest BCUT2D eigenvalue weighted by atomic mass is 10.0. The van der Waals surface area contributed by atoms with Crippen molar-refractivity contribution in [2.45, 2.75) is 21.3 Å². The van der Waals surface area contributed by atoms with Crippen LogP contribution in [0.3, 0.4) is 0 Å². The Morgan fingerprint density at radius 2 is 2.17 bits per heavy atom. The number of nitrogens with zero attached hydrogens (tertiary/aromatic N) is 3. The maximum absolute atomic E-state index is 12.9. The van der Waals surface area contributed by atoms with Crippen molar-refractivity contribution >= 4 is 35.1 Å². The zero-order valence-corrected chi connectivity index (χ0v) is 13.8. The van der Waals surface area contributed by atoms with E-state index in [2.05, 4.69) is 33.4 Å². The second-order valence-corrected chi connectivity index (χ2v) is 7.34. The van der Waals surface area contributed by atoms with Gasteiger partial charge in [-0.05, 0) is 12.1 Å². The van der Waals surface area contributed by atoms with Crippen molar-refractivity contribution in [2.75, 3.05) is 10.7 Å². The second kappa shape index (κ2) is 6.25. The van der Waals surface area contributed by atoms with E-state index in [1.54, 1.807) is 0 Å². The summed E-state index contributed by atoms with van der Waals surface area (Å²) in [6.45, 7) is 0. The van der Waals surface area contributed by atoms with E-state index in [-0.39, 0.29) is 17.2 Å². The fraction of sp³-hybridized carbons (Fsp3) is 0.188. The summed E-state index contributed by atoms with van der Waals surface area (Å²) in [6, 6.07) is 8.14. The monoisotopic (exact) mass is 342 g/mol. The van der Waals surface area contributed by atoms with E-state index in [1.807, 2.05) is 47.0 Å². The molecule has 23 heavy (non-hydrogen) atoms. The van der Waals surface area contributed by atoms with Gasteiger partial charge in [0.1, 0.15) is 6.33 Å². The molecule has 1 aliphatic heterocycles. The van der Waals surface area contributed by atoms with Gasteiger partial charge in [0.05, 0.1) is 22.7 Å². The van der Waals surface area contributed by atoms with Gasteiger partial charge >= 0.3 is 0 Å².